The van der Waals surface area contributed by atoms with Gasteiger partial charge in [0.25, 0.3) is 0 Å². The average Bonchev–Trinajstić information content (AvgIpc) is 2.45. The third kappa shape index (κ3) is 11.0. The first kappa shape index (κ1) is 20.3. The molecule has 0 aliphatic heterocycles. The molecule has 0 aromatic heterocycles. The molecule has 2 amide bonds. The highest BCUT2D eigenvalue weighted by atomic mass is 127. The van der Waals surface area contributed by atoms with Gasteiger partial charge in [0.15, 0.2) is 0 Å². The summed E-state index contributed by atoms with van der Waals surface area (Å²) in [6.45, 7) is 2.22. The van der Waals surface area contributed by atoms with Gasteiger partial charge >= 0.3 is 0 Å². The van der Waals surface area contributed by atoms with Crippen molar-refractivity contribution in [3.05, 3.63) is 0 Å². The molecule has 0 spiro atoms. The molecule has 1 atom stereocenters. The summed E-state index contributed by atoms with van der Waals surface area (Å²) in [6.07, 6.45) is 2.75. The minimum Gasteiger partial charge on any atom is -0.353 e. The summed E-state index contributed by atoms with van der Waals surface area (Å²) in [7, 11) is 1.91. The molecule has 7 nitrogen and oxygen atoms in total. The van der Waals surface area contributed by atoms with Crippen LogP contribution < -0.4 is 23.0 Å². The highest BCUT2D eigenvalue weighted by molar-refractivity contribution is 14.1. The molecule has 0 saturated carbocycles. The Morgan fingerprint density at radius 1 is 1.05 bits per heavy atom. The van der Waals surface area contributed by atoms with Crippen molar-refractivity contribution in [3.8, 4) is 0 Å². The van der Waals surface area contributed by atoms with E-state index in [9.17, 15) is 9.59 Å². The third-order valence-corrected chi connectivity index (χ3v) is 3.87. The van der Waals surface area contributed by atoms with Gasteiger partial charge in [-0.3, -0.25) is 13.1 Å². The molecule has 0 rings (SSSR count). The first-order valence-electron chi connectivity index (χ1n) is 6.54. The lowest BCUT2D eigenvalue weighted by atomic mass is 10.1. The lowest BCUT2D eigenvalue weighted by Gasteiger charge is -2.15. The Labute approximate surface area is 148 Å². The van der Waals surface area contributed by atoms with Crippen LogP contribution in [0.15, 0.2) is 0 Å². The van der Waals surface area contributed by atoms with Gasteiger partial charge in [-0.15, -0.1) is 0 Å². The number of halogens is 2. The molecule has 0 aromatic carbocycles. The van der Waals surface area contributed by atoms with Gasteiger partial charge in [0, 0.05) is 58.8 Å². The van der Waals surface area contributed by atoms with Gasteiger partial charge < -0.3 is 16.0 Å². The monoisotopic (exact) mass is 511 g/mol. The fourth-order valence-corrected chi connectivity index (χ4v) is 2.35. The number of nitrogens with one attached hydrogen (secondary N) is 5. The van der Waals surface area contributed by atoms with Crippen molar-refractivity contribution < 1.29 is 9.59 Å². The van der Waals surface area contributed by atoms with Gasteiger partial charge in [0.05, 0.1) is 12.6 Å². The number of hydrogen-bond donors (Lipinski definition) is 5. The zero-order chi connectivity index (χ0) is 15.2. The van der Waals surface area contributed by atoms with Crippen LogP contribution >= 0.6 is 45.7 Å². The normalized spacial score (nSPS) is 11.9. The predicted molar refractivity (Wildman–Crippen MR) is 96.8 cm³/mol. The van der Waals surface area contributed by atoms with E-state index in [0.717, 1.165) is 25.8 Å². The molecule has 0 saturated heterocycles. The fourth-order valence-electron chi connectivity index (χ4n) is 1.49. The van der Waals surface area contributed by atoms with Crippen LogP contribution in [-0.2, 0) is 9.59 Å². The Morgan fingerprint density at radius 2 is 1.80 bits per heavy atom. The second-order valence-corrected chi connectivity index (χ2v) is 5.60. The van der Waals surface area contributed by atoms with Crippen molar-refractivity contribution >= 4 is 57.5 Å². The van der Waals surface area contributed by atoms with E-state index in [4.69, 9.17) is 0 Å². The second-order valence-electron chi connectivity index (χ2n) is 4.21. The summed E-state index contributed by atoms with van der Waals surface area (Å²) in [5, 5.41) is 8.42. The summed E-state index contributed by atoms with van der Waals surface area (Å²) in [5.74, 6) is -0.307. The van der Waals surface area contributed by atoms with Crippen LogP contribution in [0.25, 0.3) is 0 Å². The van der Waals surface area contributed by atoms with Crippen LogP contribution in [0.4, 0.5) is 0 Å². The summed E-state index contributed by atoms with van der Waals surface area (Å²) in [4.78, 5) is 23.3. The fraction of sp³-hybridized carbons (Fsp3) is 0.818. The molecule has 9 heteroatoms. The third-order valence-electron chi connectivity index (χ3n) is 2.58. The first-order valence-corrected chi connectivity index (χ1v) is 8.70. The average molecular weight is 511 g/mol. The van der Waals surface area contributed by atoms with Crippen LogP contribution in [0.5, 0.6) is 0 Å². The van der Waals surface area contributed by atoms with Crippen LogP contribution in [0, 0.1) is 0 Å². The summed E-state index contributed by atoms with van der Waals surface area (Å²) in [6, 6.07) is -0.253. The van der Waals surface area contributed by atoms with Crippen LogP contribution in [0.2, 0.25) is 0 Å². The van der Waals surface area contributed by atoms with Crippen molar-refractivity contribution in [1.29, 1.82) is 0 Å². The standard InChI is InChI=1S/C11H23I2N5O2/c1-14-5-3-2-4-9(18-13)11(20)16-8-10(19)15-6-7-17-12/h9,14,17-18H,2-8H2,1H3,(H,15,19)(H,16,20). The number of carbonyl (C=O) groups is 2. The number of rotatable bonds is 12. The molecular formula is C11H23I2N5O2. The van der Waals surface area contributed by atoms with Crippen LogP contribution in [0.1, 0.15) is 19.3 Å². The predicted octanol–water partition coefficient (Wildman–Crippen LogP) is -0.144. The Hall–Kier alpha value is 0.280. The maximum atomic E-state index is 11.9. The molecule has 0 aliphatic carbocycles. The largest absolute Gasteiger partial charge is 0.353 e. The van der Waals surface area contributed by atoms with E-state index in [-0.39, 0.29) is 24.4 Å². The van der Waals surface area contributed by atoms with Crippen molar-refractivity contribution in [1.82, 2.24) is 23.0 Å². The molecule has 0 bridgehead atoms. The van der Waals surface area contributed by atoms with E-state index in [2.05, 4.69) is 23.0 Å². The number of unbranched alkanes of at least 4 members (excludes halogenated alkanes) is 1. The lowest BCUT2D eigenvalue weighted by Crippen LogP contribution is -2.45. The second kappa shape index (κ2) is 14.2. The zero-order valence-corrected chi connectivity index (χ0v) is 15.9. The van der Waals surface area contributed by atoms with Gasteiger partial charge in [0.2, 0.25) is 11.8 Å². The van der Waals surface area contributed by atoms with Gasteiger partial charge in [0.1, 0.15) is 0 Å². The molecule has 20 heavy (non-hydrogen) atoms. The highest BCUT2D eigenvalue weighted by Crippen LogP contribution is 2.02. The Morgan fingerprint density at radius 3 is 2.40 bits per heavy atom. The molecule has 1 unspecified atom stereocenters. The Kier molecular flexibility index (Phi) is 14.4. The van der Waals surface area contributed by atoms with Crippen LogP contribution in [-0.4, -0.2) is 51.1 Å². The van der Waals surface area contributed by atoms with Crippen molar-refractivity contribution in [2.75, 3.05) is 33.2 Å². The van der Waals surface area contributed by atoms with Crippen LogP contribution in [0.3, 0.4) is 0 Å². The smallest absolute Gasteiger partial charge is 0.239 e. The minimum absolute atomic E-state index is 0.0193. The van der Waals surface area contributed by atoms with Gasteiger partial charge in [-0.25, -0.2) is 3.53 Å². The van der Waals surface area contributed by atoms with E-state index >= 15 is 0 Å². The maximum Gasteiger partial charge on any atom is 0.239 e. The molecule has 0 radical (unpaired) electrons. The summed E-state index contributed by atoms with van der Waals surface area (Å²) < 4.78 is 5.85. The quantitative estimate of drug-likeness (QED) is 0.143. The zero-order valence-electron chi connectivity index (χ0n) is 11.6. The number of carbonyl (C=O) groups excluding carboxylic acids is 2. The topological polar surface area (TPSA) is 94.3 Å². The Bertz CT molecular complexity index is 282. The summed E-state index contributed by atoms with van der Waals surface area (Å²) >= 11 is 3.99. The SMILES string of the molecule is CNCCCCC(NI)C(=O)NCC(=O)NCCNI. The molecule has 0 heterocycles. The van der Waals surface area contributed by atoms with E-state index < -0.39 is 0 Å². The van der Waals surface area contributed by atoms with Crippen molar-refractivity contribution in [2.24, 2.45) is 0 Å². The van der Waals surface area contributed by atoms with Gasteiger partial charge in [-0.2, -0.15) is 0 Å². The van der Waals surface area contributed by atoms with E-state index in [1.54, 1.807) is 0 Å². The van der Waals surface area contributed by atoms with Crippen molar-refractivity contribution in [2.45, 2.75) is 25.3 Å². The highest BCUT2D eigenvalue weighted by Gasteiger charge is 2.16. The van der Waals surface area contributed by atoms with E-state index in [1.807, 2.05) is 52.8 Å². The maximum absolute atomic E-state index is 11.9. The van der Waals surface area contributed by atoms with Gasteiger partial charge in [-0.05, 0) is 26.4 Å². The molecule has 0 fully saturated rings. The van der Waals surface area contributed by atoms with E-state index in [0.29, 0.717) is 13.1 Å². The molecule has 0 aliphatic rings. The first-order chi connectivity index (χ1) is 9.65. The molecule has 118 valence electrons. The molecular weight excluding hydrogens is 488 g/mol. The van der Waals surface area contributed by atoms with Crippen molar-refractivity contribution in [3.63, 3.8) is 0 Å². The minimum atomic E-state index is -0.253. The molecule has 0 aromatic rings. The summed E-state index contributed by atoms with van der Waals surface area (Å²) in [5.41, 5.74) is 0. The van der Waals surface area contributed by atoms with E-state index in [1.165, 1.54) is 0 Å². The Balaban J connectivity index is 3.82. The molecule has 5 N–H and O–H groups in total. The number of amides is 2. The van der Waals surface area contributed by atoms with Gasteiger partial charge in [-0.1, -0.05) is 6.42 Å². The number of hydrogen-bond acceptors (Lipinski definition) is 5. The lowest BCUT2D eigenvalue weighted by molar-refractivity contribution is -0.127.